The molecule has 0 saturated heterocycles. The van der Waals surface area contributed by atoms with Crippen LogP contribution >= 0.6 is 23.8 Å². The maximum atomic E-state index is 12.6. The molecule has 0 aliphatic carbocycles. The fourth-order valence-corrected chi connectivity index (χ4v) is 4.21. The van der Waals surface area contributed by atoms with Gasteiger partial charge in [-0.1, -0.05) is 48.0 Å². The molecule has 0 saturated carbocycles. The Morgan fingerprint density at radius 1 is 1.06 bits per heavy atom. The number of fused-ring (bicyclic) bond motifs is 3. The van der Waals surface area contributed by atoms with E-state index in [1.54, 1.807) is 18.2 Å². The molecular formula is C27H20ClN3O3S. The molecule has 2 N–H and O–H groups in total. The quantitative estimate of drug-likeness (QED) is 0.257. The van der Waals surface area contributed by atoms with Crippen LogP contribution in [0.2, 0.25) is 5.02 Å². The van der Waals surface area contributed by atoms with Crippen LogP contribution in [0.4, 0.5) is 5.69 Å². The third-order valence-electron chi connectivity index (χ3n) is 5.37. The molecule has 4 aromatic carbocycles. The van der Waals surface area contributed by atoms with Crippen LogP contribution in [0, 0.1) is 0 Å². The van der Waals surface area contributed by atoms with Crippen LogP contribution in [0.15, 0.2) is 83.3 Å². The van der Waals surface area contributed by atoms with Crippen molar-refractivity contribution < 1.29 is 13.9 Å². The number of ether oxygens (including phenoxy) is 1. The predicted molar refractivity (Wildman–Crippen MR) is 143 cm³/mol. The lowest BCUT2D eigenvalue weighted by Crippen LogP contribution is -2.34. The van der Waals surface area contributed by atoms with Gasteiger partial charge in [-0.2, -0.15) is 0 Å². The highest BCUT2D eigenvalue weighted by atomic mass is 35.5. The molecule has 35 heavy (non-hydrogen) atoms. The van der Waals surface area contributed by atoms with Crippen LogP contribution in [0.25, 0.3) is 33.3 Å². The maximum absolute atomic E-state index is 12.6. The van der Waals surface area contributed by atoms with Crippen LogP contribution in [-0.4, -0.2) is 22.6 Å². The SMILES string of the molecule is CCOc1ccc(C(=O)NC(=S)Nc2cccc(-c3nc4c(ccc5ccccc54)o3)c2)cc1Cl. The normalized spacial score (nSPS) is 10.9. The first-order chi connectivity index (χ1) is 17.0. The summed E-state index contributed by atoms with van der Waals surface area (Å²) in [6, 6.07) is 24.3. The number of nitrogens with zero attached hydrogens (tertiary/aromatic N) is 1. The Labute approximate surface area is 211 Å². The highest BCUT2D eigenvalue weighted by Gasteiger charge is 2.13. The molecule has 0 aliphatic rings. The summed E-state index contributed by atoms with van der Waals surface area (Å²) in [7, 11) is 0. The van der Waals surface area contributed by atoms with E-state index in [9.17, 15) is 4.79 Å². The number of amides is 1. The lowest BCUT2D eigenvalue weighted by Gasteiger charge is -2.11. The summed E-state index contributed by atoms with van der Waals surface area (Å²) in [6.07, 6.45) is 0. The minimum Gasteiger partial charge on any atom is -0.492 e. The van der Waals surface area contributed by atoms with Gasteiger partial charge in [0.1, 0.15) is 11.3 Å². The largest absolute Gasteiger partial charge is 0.492 e. The minimum atomic E-state index is -0.380. The molecule has 1 amide bonds. The number of halogens is 1. The third kappa shape index (κ3) is 4.82. The highest BCUT2D eigenvalue weighted by Crippen LogP contribution is 2.30. The van der Waals surface area contributed by atoms with Crippen LogP contribution in [0.1, 0.15) is 17.3 Å². The number of carbonyl (C=O) groups excluding carboxylic acids is 1. The molecule has 174 valence electrons. The van der Waals surface area contributed by atoms with E-state index in [-0.39, 0.29) is 11.0 Å². The molecule has 0 radical (unpaired) electrons. The summed E-state index contributed by atoms with van der Waals surface area (Å²) in [5.41, 5.74) is 3.37. The number of nitrogens with one attached hydrogen (secondary N) is 2. The molecule has 0 unspecified atom stereocenters. The topological polar surface area (TPSA) is 76.4 Å². The van der Waals surface area contributed by atoms with Crippen molar-refractivity contribution in [3.63, 3.8) is 0 Å². The van der Waals surface area contributed by atoms with Gasteiger partial charge in [0.25, 0.3) is 5.91 Å². The number of rotatable bonds is 5. The lowest BCUT2D eigenvalue weighted by atomic mass is 10.1. The van der Waals surface area contributed by atoms with E-state index in [4.69, 9.17) is 38.0 Å². The van der Waals surface area contributed by atoms with E-state index in [0.29, 0.717) is 40.1 Å². The standard InChI is InChI=1S/C27H20ClN3O3S/c1-2-33-22-12-11-17(15-21(22)28)25(32)31-27(35)29-19-8-5-7-18(14-19)26-30-24-20-9-4-3-6-16(20)10-13-23(24)34-26/h3-15H,2H2,1H3,(H2,29,31,32,35). The van der Waals surface area contributed by atoms with E-state index in [2.05, 4.69) is 10.6 Å². The third-order valence-corrected chi connectivity index (χ3v) is 5.87. The summed E-state index contributed by atoms with van der Waals surface area (Å²) in [6.45, 7) is 2.35. The van der Waals surface area contributed by atoms with Crippen LogP contribution in [0.5, 0.6) is 5.75 Å². The molecule has 0 fully saturated rings. The van der Waals surface area contributed by atoms with E-state index in [1.807, 2.05) is 67.6 Å². The second kappa shape index (κ2) is 9.74. The van der Waals surface area contributed by atoms with E-state index < -0.39 is 0 Å². The number of hydrogen-bond donors (Lipinski definition) is 2. The van der Waals surface area contributed by atoms with E-state index >= 15 is 0 Å². The van der Waals surface area contributed by atoms with Crippen molar-refractivity contribution >= 4 is 62.4 Å². The first kappa shape index (κ1) is 22.8. The van der Waals surface area contributed by atoms with Crippen molar-refractivity contribution in [2.24, 2.45) is 0 Å². The van der Waals surface area contributed by atoms with E-state index in [0.717, 1.165) is 21.9 Å². The smallest absolute Gasteiger partial charge is 0.257 e. The average Bonchev–Trinajstić information content (AvgIpc) is 3.30. The van der Waals surface area contributed by atoms with Gasteiger partial charge in [-0.05, 0) is 67.0 Å². The number of thiocarbonyl (C=S) groups is 1. The first-order valence-corrected chi connectivity index (χ1v) is 11.7. The first-order valence-electron chi connectivity index (χ1n) is 11.0. The molecule has 1 aromatic heterocycles. The summed E-state index contributed by atoms with van der Waals surface area (Å²) in [5, 5.41) is 8.35. The Morgan fingerprint density at radius 3 is 2.74 bits per heavy atom. The Balaban J connectivity index is 1.32. The van der Waals surface area contributed by atoms with Crippen molar-refractivity contribution in [2.75, 3.05) is 11.9 Å². The zero-order valence-corrected chi connectivity index (χ0v) is 20.2. The molecule has 6 nitrogen and oxygen atoms in total. The number of carbonyl (C=O) groups is 1. The van der Waals surface area contributed by atoms with Gasteiger partial charge < -0.3 is 14.5 Å². The van der Waals surface area contributed by atoms with Crippen LogP contribution < -0.4 is 15.4 Å². The second-order valence-corrected chi connectivity index (χ2v) is 8.54. The lowest BCUT2D eigenvalue weighted by molar-refractivity contribution is 0.0977. The second-order valence-electron chi connectivity index (χ2n) is 7.72. The van der Waals surface area contributed by atoms with Crippen LogP contribution in [0.3, 0.4) is 0 Å². The minimum absolute atomic E-state index is 0.153. The summed E-state index contributed by atoms with van der Waals surface area (Å²) in [5.74, 6) is 0.642. The van der Waals surface area contributed by atoms with Crippen molar-refractivity contribution in [3.05, 3.63) is 89.4 Å². The fraction of sp³-hybridized carbons (Fsp3) is 0.0741. The summed E-state index contributed by atoms with van der Waals surface area (Å²) in [4.78, 5) is 17.3. The molecule has 0 bridgehead atoms. The number of hydrogen-bond acceptors (Lipinski definition) is 5. The number of anilines is 1. The van der Waals surface area contributed by atoms with Gasteiger partial charge in [-0.3, -0.25) is 10.1 Å². The Bertz CT molecular complexity index is 1580. The Hall–Kier alpha value is -3.94. The molecule has 8 heteroatoms. The van der Waals surface area contributed by atoms with E-state index in [1.165, 1.54) is 0 Å². The van der Waals surface area contributed by atoms with Gasteiger partial charge in [-0.15, -0.1) is 0 Å². The number of oxazole rings is 1. The number of benzene rings is 4. The van der Waals surface area contributed by atoms with Crippen molar-refractivity contribution in [2.45, 2.75) is 6.92 Å². The highest BCUT2D eigenvalue weighted by molar-refractivity contribution is 7.80. The molecule has 0 atom stereocenters. The zero-order chi connectivity index (χ0) is 24.4. The van der Waals surface area contributed by atoms with Gasteiger partial charge in [-0.25, -0.2) is 4.98 Å². The predicted octanol–water partition coefficient (Wildman–Crippen LogP) is 6.83. The van der Waals surface area contributed by atoms with Gasteiger partial charge in [0, 0.05) is 22.2 Å². The Kier molecular flexibility index (Phi) is 6.35. The zero-order valence-electron chi connectivity index (χ0n) is 18.7. The van der Waals surface area contributed by atoms with Gasteiger partial charge in [0.2, 0.25) is 5.89 Å². The van der Waals surface area contributed by atoms with Crippen LogP contribution in [-0.2, 0) is 0 Å². The van der Waals surface area contributed by atoms with Gasteiger partial charge in [0.15, 0.2) is 10.7 Å². The summed E-state index contributed by atoms with van der Waals surface area (Å²) < 4.78 is 11.4. The molecule has 1 heterocycles. The van der Waals surface area contributed by atoms with Gasteiger partial charge in [0.05, 0.1) is 11.6 Å². The monoisotopic (exact) mass is 501 g/mol. The number of aromatic nitrogens is 1. The fourth-order valence-electron chi connectivity index (χ4n) is 3.77. The van der Waals surface area contributed by atoms with Gasteiger partial charge >= 0.3 is 0 Å². The Morgan fingerprint density at radius 2 is 1.91 bits per heavy atom. The molecule has 0 aliphatic heterocycles. The van der Waals surface area contributed by atoms with Crippen molar-refractivity contribution in [3.8, 4) is 17.2 Å². The molecular weight excluding hydrogens is 482 g/mol. The maximum Gasteiger partial charge on any atom is 0.257 e. The summed E-state index contributed by atoms with van der Waals surface area (Å²) >= 11 is 11.5. The van der Waals surface area contributed by atoms with Crippen molar-refractivity contribution in [1.29, 1.82) is 0 Å². The molecule has 5 aromatic rings. The average molecular weight is 502 g/mol. The molecule has 5 rings (SSSR count). The van der Waals surface area contributed by atoms with Crippen molar-refractivity contribution in [1.82, 2.24) is 10.3 Å². The molecule has 0 spiro atoms.